The van der Waals surface area contributed by atoms with E-state index < -0.39 is 23.7 Å². The molecule has 52 heavy (non-hydrogen) atoms. The number of carbonyl (C=O) groups is 4. The summed E-state index contributed by atoms with van der Waals surface area (Å²) in [6.07, 6.45) is 6.72. The quantitative estimate of drug-likeness (QED) is 0.0955. The average molecular weight is 727 g/mol. The molecule has 1 aliphatic heterocycles. The molecule has 2 aromatic carbocycles. The number of carbonyl (C=O) groups excluding carboxylic acids is 4. The largest absolute Gasteiger partial charge is 0.393 e. The minimum Gasteiger partial charge on any atom is -0.393 e. The number of nitrogens with one attached hydrogen (secondary N) is 1. The van der Waals surface area contributed by atoms with Crippen LogP contribution in [0.4, 0.5) is 8.78 Å². The fraction of sp³-hybridized carbons (Fsp3) is 0.610. The van der Waals surface area contributed by atoms with Crippen molar-refractivity contribution >= 4 is 23.5 Å². The van der Waals surface area contributed by atoms with Gasteiger partial charge in [0.2, 0.25) is 11.8 Å². The molecule has 0 aliphatic carbocycles. The second-order valence-electron chi connectivity index (χ2n) is 14.4. The van der Waals surface area contributed by atoms with Crippen LogP contribution in [-0.4, -0.2) is 83.8 Å². The highest BCUT2D eigenvalue weighted by Crippen LogP contribution is 2.25. The van der Waals surface area contributed by atoms with Gasteiger partial charge in [0.15, 0.2) is 5.78 Å². The average Bonchev–Trinajstić information content (AvgIpc) is 3.11. The van der Waals surface area contributed by atoms with E-state index in [0.29, 0.717) is 74.6 Å². The number of hydrogen-bond donors (Lipinski definition) is 3. The molecule has 3 rings (SSSR count). The molecule has 11 heteroatoms. The first-order valence-electron chi connectivity index (χ1n) is 19.3. The Morgan fingerprint density at radius 1 is 0.923 bits per heavy atom. The predicted molar refractivity (Wildman–Crippen MR) is 200 cm³/mol. The summed E-state index contributed by atoms with van der Waals surface area (Å²) in [5.74, 6) is -2.22. The zero-order valence-corrected chi connectivity index (χ0v) is 31.4. The van der Waals surface area contributed by atoms with E-state index in [2.05, 4.69) is 5.32 Å². The van der Waals surface area contributed by atoms with Crippen LogP contribution in [0.3, 0.4) is 0 Å². The lowest BCUT2D eigenvalue weighted by atomic mass is 9.86. The molecule has 1 heterocycles. The summed E-state index contributed by atoms with van der Waals surface area (Å²) in [4.78, 5) is 55.9. The maximum atomic E-state index is 14.1. The van der Waals surface area contributed by atoms with Gasteiger partial charge in [-0.2, -0.15) is 0 Å². The SMILES string of the molecule is CCCN(CCC)C(=O)c1cc(C)cc(C(=O)CC(Cc2cc(F)cc(F)c2)C(O)CCNC(=O)CCC2CCN(C(=O)CCCCCN)CC2)c1. The van der Waals surface area contributed by atoms with Gasteiger partial charge in [-0.3, -0.25) is 19.2 Å². The van der Waals surface area contributed by atoms with Crippen molar-refractivity contribution < 1.29 is 33.1 Å². The molecular formula is C41H60F2N4O5. The van der Waals surface area contributed by atoms with Gasteiger partial charge >= 0.3 is 0 Å². The number of aliphatic hydroxyl groups excluding tert-OH is 1. The van der Waals surface area contributed by atoms with Gasteiger partial charge in [0.25, 0.3) is 5.91 Å². The van der Waals surface area contributed by atoms with Crippen LogP contribution in [0.1, 0.15) is 123 Å². The first-order chi connectivity index (χ1) is 24.9. The van der Waals surface area contributed by atoms with Gasteiger partial charge in [-0.15, -0.1) is 0 Å². The van der Waals surface area contributed by atoms with E-state index in [0.717, 1.165) is 56.6 Å². The third kappa shape index (κ3) is 14.4. The molecule has 4 N–H and O–H groups in total. The normalized spacial score (nSPS) is 14.6. The van der Waals surface area contributed by atoms with E-state index in [4.69, 9.17) is 5.73 Å². The molecule has 3 amide bonds. The van der Waals surface area contributed by atoms with Crippen LogP contribution in [0.5, 0.6) is 0 Å². The third-order valence-corrected chi connectivity index (χ3v) is 9.94. The van der Waals surface area contributed by atoms with Crippen LogP contribution in [0.25, 0.3) is 0 Å². The minimum absolute atomic E-state index is 0.0445. The zero-order valence-electron chi connectivity index (χ0n) is 31.4. The van der Waals surface area contributed by atoms with Gasteiger partial charge < -0.3 is 26.0 Å². The van der Waals surface area contributed by atoms with Crippen LogP contribution in [0, 0.1) is 30.4 Å². The number of Topliss-reactive ketones (excluding diaryl/α,β-unsaturated/α-hetero) is 1. The van der Waals surface area contributed by atoms with Crippen molar-refractivity contribution in [2.45, 2.75) is 110 Å². The maximum absolute atomic E-state index is 14.1. The lowest BCUT2D eigenvalue weighted by Gasteiger charge is -2.32. The fourth-order valence-electron chi connectivity index (χ4n) is 7.08. The molecule has 0 saturated carbocycles. The maximum Gasteiger partial charge on any atom is 0.253 e. The number of unbranched alkanes of at least 4 members (excludes halogenated alkanes) is 2. The molecule has 0 radical (unpaired) electrons. The first kappa shape index (κ1) is 42.7. The number of likely N-dealkylation sites (tertiary alicyclic amines) is 1. The molecule has 1 fully saturated rings. The molecule has 9 nitrogen and oxygen atoms in total. The highest BCUT2D eigenvalue weighted by atomic mass is 19.1. The number of aryl methyl sites for hydroxylation is 1. The van der Waals surface area contributed by atoms with E-state index in [1.807, 2.05) is 25.7 Å². The van der Waals surface area contributed by atoms with E-state index in [9.17, 15) is 33.1 Å². The van der Waals surface area contributed by atoms with E-state index >= 15 is 0 Å². The molecule has 1 aliphatic rings. The van der Waals surface area contributed by atoms with Crippen molar-refractivity contribution in [1.82, 2.24) is 15.1 Å². The molecular weight excluding hydrogens is 666 g/mol. The molecule has 288 valence electrons. The number of aliphatic hydroxyl groups is 1. The highest BCUT2D eigenvalue weighted by molar-refractivity contribution is 6.01. The summed E-state index contributed by atoms with van der Waals surface area (Å²) in [6.45, 7) is 9.28. The lowest BCUT2D eigenvalue weighted by molar-refractivity contribution is -0.133. The number of hydrogen-bond acceptors (Lipinski definition) is 6. The Balaban J connectivity index is 1.57. The smallest absolute Gasteiger partial charge is 0.253 e. The van der Waals surface area contributed by atoms with Gasteiger partial charge in [-0.05, 0) is 125 Å². The topological polar surface area (TPSA) is 133 Å². The van der Waals surface area contributed by atoms with Crippen molar-refractivity contribution in [3.05, 3.63) is 70.3 Å². The van der Waals surface area contributed by atoms with Crippen molar-refractivity contribution in [1.29, 1.82) is 0 Å². The summed E-state index contributed by atoms with van der Waals surface area (Å²) in [5.41, 5.74) is 7.36. The van der Waals surface area contributed by atoms with Crippen LogP contribution < -0.4 is 11.1 Å². The zero-order chi connectivity index (χ0) is 38.0. The van der Waals surface area contributed by atoms with Crippen molar-refractivity contribution in [3.63, 3.8) is 0 Å². The van der Waals surface area contributed by atoms with E-state index in [1.165, 1.54) is 12.1 Å². The summed E-state index contributed by atoms with van der Waals surface area (Å²) in [6, 6.07) is 8.22. The Hall–Kier alpha value is -3.70. The Kier molecular flexibility index (Phi) is 18.4. The monoisotopic (exact) mass is 726 g/mol. The standard InChI is InChI=1S/C41H60F2N4O5/c1-4-17-47(18-5-2)41(52)34-22-29(3)21-32(26-34)38(49)27-33(23-31-24-35(42)28-36(43)25-31)37(48)12-16-45-39(50)11-10-30-13-19-46(20-14-30)40(51)9-7-6-8-15-44/h21-22,24-26,28,30,33,37,48H,4-20,23,27,44H2,1-3H3,(H,45,50). The summed E-state index contributed by atoms with van der Waals surface area (Å²) in [5, 5.41) is 14.2. The van der Waals surface area contributed by atoms with Crippen molar-refractivity contribution in [2.75, 3.05) is 39.3 Å². The molecule has 0 spiro atoms. The Morgan fingerprint density at radius 2 is 1.58 bits per heavy atom. The summed E-state index contributed by atoms with van der Waals surface area (Å²) >= 11 is 0. The number of nitrogens with two attached hydrogens (primary N) is 1. The Labute approximate surface area is 308 Å². The third-order valence-electron chi connectivity index (χ3n) is 9.94. The Morgan fingerprint density at radius 3 is 2.21 bits per heavy atom. The number of ketones is 1. The molecule has 0 aromatic heterocycles. The first-order valence-corrected chi connectivity index (χ1v) is 19.3. The van der Waals surface area contributed by atoms with Gasteiger partial charge in [0.05, 0.1) is 6.10 Å². The van der Waals surface area contributed by atoms with Gasteiger partial charge in [0.1, 0.15) is 11.6 Å². The predicted octanol–water partition coefficient (Wildman–Crippen LogP) is 6.37. The molecule has 1 saturated heterocycles. The minimum atomic E-state index is -1.05. The number of halogens is 2. The van der Waals surface area contributed by atoms with E-state index in [1.54, 1.807) is 23.1 Å². The Bertz CT molecular complexity index is 1440. The van der Waals surface area contributed by atoms with Crippen molar-refractivity contribution in [3.8, 4) is 0 Å². The van der Waals surface area contributed by atoms with Crippen molar-refractivity contribution in [2.24, 2.45) is 17.6 Å². The van der Waals surface area contributed by atoms with Crippen LogP contribution in [0.15, 0.2) is 36.4 Å². The number of benzene rings is 2. The molecule has 0 bridgehead atoms. The lowest BCUT2D eigenvalue weighted by Crippen LogP contribution is -2.38. The van der Waals surface area contributed by atoms with Gasteiger partial charge in [0, 0.05) is 69.2 Å². The number of amides is 3. The number of nitrogens with zero attached hydrogens (tertiary/aromatic N) is 2. The summed E-state index contributed by atoms with van der Waals surface area (Å²) in [7, 11) is 0. The second kappa shape index (κ2) is 22.4. The van der Waals surface area contributed by atoms with Crippen LogP contribution >= 0.6 is 0 Å². The van der Waals surface area contributed by atoms with Gasteiger partial charge in [-0.25, -0.2) is 8.78 Å². The van der Waals surface area contributed by atoms with E-state index in [-0.39, 0.29) is 49.3 Å². The van der Waals surface area contributed by atoms with Gasteiger partial charge in [-0.1, -0.05) is 20.3 Å². The van der Waals surface area contributed by atoms with Crippen LogP contribution in [-0.2, 0) is 16.0 Å². The molecule has 2 atom stereocenters. The number of piperidine rings is 1. The number of rotatable bonds is 22. The highest BCUT2D eigenvalue weighted by Gasteiger charge is 2.26. The molecule has 2 aromatic rings. The molecule has 2 unspecified atom stereocenters. The van der Waals surface area contributed by atoms with Crippen LogP contribution in [0.2, 0.25) is 0 Å². The second-order valence-corrected chi connectivity index (χ2v) is 14.4. The summed E-state index contributed by atoms with van der Waals surface area (Å²) < 4.78 is 28.2. The fourth-order valence-corrected chi connectivity index (χ4v) is 7.08.